The highest BCUT2D eigenvalue weighted by Crippen LogP contribution is 2.18. The van der Waals surface area contributed by atoms with Crippen LogP contribution in [0.3, 0.4) is 0 Å². The second-order valence-corrected chi connectivity index (χ2v) is 7.64. The topological polar surface area (TPSA) is 60.9 Å². The van der Waals surface area contributed by atoms with Gasteiger partial charge in [-0.25, -0.2) is 12.8 Å². The van der Waals surface area contributed by atoms with Crippen molar-refractivity contribution in [2.45, 2.75) is 18.7 Å². The number of sulfonamides is 1. The summed E-state index contributed by atoms with van der Waals surface area (Å²) in [6, 6.07) is 4.85. The average molecular weight is 357 g/mol. The summed E-state index contributed by atoms with van der Waals surface area (Å²) in [6.07, 6.45) is 0. The van der Waals surface area contributed by atoms with E-state index in [1.165, 1.54) is 16.4 Å². The first-order chi connectivity index (χ1) is 11.4. The van der Waals surface area contributed by atoms with Gasteiger partial charge in [-0.15, -0.1) is 0 Å². The Bertz CT molecular complexity index is 652. The lowest BCUT2D eigenvalue weighted by molar-refractivity contribution is -0.132. The third-order valence-corrected chi connectivity index (χ3v) is 6.17. The van der Waals surface area contributed by atoms with E-state index in [4.69, 9.17) is 0 Å². The van der Waals surface area contributed by atoms with Gasteiger partial charge in [0.15, 0.2) is 0 Å². The monoisotopic (exact) mass is 357 g/mol. The Kier molecular flexibility index (Phi) is 6.31. The molecule has 8 heteroatoms. The zero-order chi connectivity index (χ0) is 17.7. The van der Waals surface area contributed by atoms with Crippen LogP contribution in [0.4, 0.5) is 4.39 Å². The van der Waals surface area contributed by atoms with E-state index in [1.807, 2.05) is 18.7 Å². The summed E-state index contributed by atoms with van der Waals surface area (Å²) in [5, 5.41) is 0. The second-order valence-electron chi connectivity index (χ2n) is 5.70. The molecule has 1 aliphatic rings. The highest BCUT2D eigenvalue weighted by molar-refractivity contribution is 7.89. The Hall–Kier alpha value is -1.51. The summed E-state index contributed by atoms with van der Waals surface area (Å²) in [5.41, 5.74) is 0. The van der Waals surface area contributed by atoms with Gasteiger partial charge in [-0.3, -0.25) is 9.69 Å². The molecule has 0 N–H and O–H groups in total. The quantitative estimate of drug-likeness (QED) is 0.762. The molecule has 1 amide bonds. The van der Waals surface area contributed by atoms with Crippen LogP contribution >= 0.6 is 0 Å². The smallest absolute Gasteiger partial charge is 0.243 e. The molecule has 0 radical (unpaired) electrons. The van der Waals surface area contributed by atoms with E-state index in [0.29, 0.717) is 45.8 Å². The fraction of sp³-hybridized carbons (Fsp3) is 0.562. The predicted octanol–water partition coefficient (Wildman–Crippen LogP) is 1.00. The Morgan fingerprint density at radius 3 is 2.12 bits per heavy atom. The van der Waals surface area contributed by atoms with Crippen LogP contribution in [-0.2, 0) is 14.8 Å². The van der Waals surface area contributed by atoms with Crippen LogP contribution in [0.1, 0.15) is 13.8 Å². The standard InChI is InChI=1S/C16H24FN3O3S/c1-3-19(4-2)16(21)13-18-9-11-20(12-10-18)24(22,23)15-7-5-14(17)6-8-15/h5-8H,3-4,9-13H2,1-2H3. The fourth-order valence-electron chi connectivity index (χ4n) is 2.75. The number of carbonyl (C=O) groups is 1. The van der Waals surface area contributed by atoms with Gasteiger partial charge in [0.1, 0.15) is 5.82 Å². The van der Waals surface area contributed by atoms with E-state index in [-0.39, 0.29) is 10.8 Å². The van der Waals surface area contributed by atoms with Crippen molar-refractivity contribution in [3.63, 3.8) is 0 Å². The van der Waals surface area contributed by atoms with Crippen molar-refractivity contribution in [2.24, 2.45) is 0 Å². The minimum atomic E-state index is -3.61. The zero-order valence-corrected chi connectivity index (χ0v) is 14.9. The first kappa shape index (κ1) is 18.8. The molecular weight excluding hydrogens is 333 g/mol. The van der Waals surface area contributed by atoms with E-state index in [2.05, 4.69) is 0 Å². The van der Waals surface area contributed by atoms with Gasteiger partial charge >= 0.3 is 0 Å². The van der Waals surface area contributed by atoms with Gasteiger partial charge in [-0.2, -0.15) is 4.31 Å². The number of halogens is 1. The first-order valence-corrected chi connectivity index (χ1v) is 9.58. The molecule has 0 saturated carbocycles. The Balaban J connectivity index is 1.94. The zero-order valence-electron chi connectivity index (χ0n) is 14.1. The van der Waals surface area contributed by atoms with Gasteiger partial charge in [0.2, 0.25) is 15.9 Å². The van der Waals surface area contributed by atoms with Crippen LogP contribution in [0.5, 0.6) is 0 Å². The number of amides is 1. The number of hydrogen-bond donors (Lipinski definition) is 0. The van der Waals surface area contributed by atoms with Crippen molar-refractivity contribution >= 4 is 15.9 Å². The maximum Gasteiger partial charge on any atom is 0.243 e. The molecule has 0 spiro atoms. The molecule has 1 saturated heterocycles. The Labute approximate surface area is 142 Å². The lowest BCUT2D eigenvalue weighted by atomic mass is 10.3. The fourth-order valence-corrected chi connectivity index (χ4v) is 4.17. The number of piperazine rings is 1. The van der Waals surface area contributed by atoms with Crippen LogP contribution in [0.15, 0.2) is 29.2 Å². The second kappa shape index (κ2) is 8.04. The molecule has 0 unspecified atom stereocenters. The molecule has 134 valence electrons. The Morgan fingerprint density at radius 1 is 1.08 bits per heavy atom. The maximum absolute atomic E-state index is 13.0. The average Bonchev–Trinajstić information content (AvgIpc) is 2.57. The highest BCUT2D eigenvalue weighted by atomic mass is 32.2. The van der Waals surface area contributed by atoms with E-state index in [0.717, 1.165) is 12.1 Å². The molecule has 2 rings (SSSR count). The summed E-state index contributed by atoms with van der Waals surface area (Å²) in [4.78, 5) is 16.0. The van der Waals surface area contributed by atoms with Gasteiger partial charge < -0.3 is 4.90 Å². The normalized spacial score (nSPS) is 17.0. The van der Waals surface area contributed by atoms with Crippen molar-refractivity contribution in [1.82, 2.24) is 14.1 Å². The van der Waals surface area contributed by atoms with Gasteiger partial charge in [-0.1, -0.05) is 0 Å². The van der Waals surface area contributed by atoms with Gasteiger partial charge in [-0.05, 0) is 38.1 Å². The van der Waals surface area contributed by atoms with Crippen LogP contribution in [0.2, 0.25) is 0 Å². The number of benzene rings is 1. The van der Waals surface area contributed by atoms with E-state index in [9.17, 15) is 17.6 Å². The molecule has 1 fully saturated rings. The van der Waals surface area contributed by atoms with E-state index < -0.39 is 15.8 Å². The van der Waals surface area contributed by atoms with Crippen molar-refractivity contribution < 1.29 is 17.6 Å². The van der Waals surface area contributed by atoms with Crippen molar-refractivity contribution in [3.05, 3.63) is 30.1 Å². The summed E-state index contributed by atoms with van der Waals surface area (Å²) in [7, 11) is -3.61. The van der Waals surface area contributed by atoms with E-state index in [1.54, 1.807) is 4.90 Å². The van der Waals surface area contributed by atoms with Gasteiger partial charge in [0, 0.05) is 39.3 Å². The minimum absolute atomic E-state index is 0.0647. The molecule has 0 bridgehead atoms. The number of likely N-dealkylation sites (N-methyl/N-ethyl adjacent to an activating group) is 1. The maximum atomic E-state index is 13.0. The van der Waals surface area contributed by atoms with Crippen molar-refractivity contribution in [1.29, 1.82) is 0 Å². The number of rotatable bonds is 6. The van der Waals surface area contributed by atoms with Crippen molar-refractivity contribution in [2.75, 3.05) is 45.8 Å². The molecule has 1 aromatic carbocycles. The van der Waals surface area contributed by atoms with Crippen LogP contribution in [0, 0.1) is 5.82 Å². The third kappa shape index (κ3) is 4.31. The number of carbonyl (C=O) groups excluding carboxylic acids is 1. The largest absolute Gasteiger partial charge is 0.342 e. The van der Waals surface area contributed by atoms with Gasteiger partial charge in [0.25, 0.3) is 0 Å². The minimum Gasteiger partial charge on any atom is -0.342 e. The van der Waals surface area contributed by atoms with Crippen LogP contribution < -0.4 is 0 Å². The molecule has 0 atom stereocenters. The summed E-state index contributed by atoms with van der Waals surface area (Å²) < 4.78 is 39.4. The molecular formula is C16H24FN3O3S. The molecule has 6 nitrogen and oxygen atoms in total. The summed E-state index contributed by atoms with van der Waals surface area (Å²) in [6.45, 7) is 7.20. The van der Waals surface area contributed by atoms with Crippen molar-refractivity contribution in [3.8, 4) is 0 Å². The third-order valence-electron chi connectivity index (χ3n) is 4.26. The first-order valence-electron chi connectivity index (χ1n) is 8.14. The number of nitrogens with zero attached hydrogens (tertiary/aromatic N) is 3. The van der Waals surface area contributed by atoms with Crippen LogP contribution in [0.25, 0.3) is 0 Å². The van der Waals surface area contributed by atoms with Gasteiger partial charge in [0.05, 0.1) is 11.4 Å². The predicted molar refractivity (Wildman–Crippen MR) is 89.5 cm³/mol. The van der Waals surface area contributed by atoms with Crippen LogP contribution in [-0.4, -0.2) is 74.2 Å². The SMILES string of the molecule is CCN(CC)C(=O)CN1CCN(S(=O)(=O)c2ccc(F)cc2)CC1. The molecule has 0 aromatic heterocycles. The number of hydrogen-bond acceptors (Lipinski definition) is 4. The molecule has 1 aromatic rings. The molecule has 1 aliphatic heterocycles. The molecule has 24 heavy (non-hydrogen) atoms. The van der Waals surface area contributed by atoms with E-state index >= 15 is 0 Å². The summed E-state index contributed by atoms with van der Waals surface area (Å²) >= 11 is 0. The molecule has 0 aliphatic carbocycles. The summed E-state index contributed by atoms with van der Waals surface area (Å²) in [5.74, 6) is -0.400. The Morgan fingerprint density at radius 2 is 1.62 bits per heavy atom. The highest BCUT2D eigenvalue weighted by Gasteiger charge is 2.29. The lowest BCUT2D eigenvalue weighted by Crippen LogP contribution is -2.51. The molecule has 1 heterocycles. The lowest BCUT2D eigenvalue weighted by Gasteiger charge is -2.34.